The zero-order chi connectivity index (χ0) is 18.7. The first-order valence-corrected chi connectivity index (χ1v) is 8.41. The van der Waals surface area contributed by atoms with E-state index in [4.69, 9.17) is 9.47 Å². The van der Waals surface area contributed by atoms with Crippen LogP contribution in [0.15, 0.2) is 48.5 Å². The number of H-pyrrole nitrogens is 1. The molecule has 0 saturated carbocycles. The minimum Gasteiger partial charge on any atom is -0.451 e. The summed E-state index contributed by atoms with van der Waals surface area (Å²) in [6, 6.07) is 14.5. The van der Waals surface area contributed by atoms with Gasteiger partial charge in [-0.15, -0.1) is 0 Å². The van der Waals surface area contributed by atoms with Crippen molar-refractivity contribution in [2.45, 2.75) is 26.6 Å². The number of Topliss-reactive ketones (excluding diaryl/α,β-unsaturated/α-hetero) is 1. The molecule has 0 radical (unpaired) electrons. The minimum absolute atomic E-state index is 0.218. The highest BCUT2D eigenvalue weighted by Gasteiger charge is 2.24. The Morgan fingerprint density at radius 2 is 1.77 bits per heavy atom. The normalized spacial score (nSPS) is 12.1. The van der Waals surface area contributed by atoms with Crippen LogP contribution >= 0.6 is 0 Å². The lowest BCUT2D eigenvalue weighted by atomic mass is 10.0. The second kappa shape index (κ2) is 7.54. The number of rotatable bonds is 6. The molecule has 1 N–H and O–H groups in total. The number of nitrogens with one attached hydrogen (secondary N) is 1. The number of fused-ring (bicyclic) bond motifs is 1. The van der Waals surface area contributed by atoms with Crippen LogP contribution < -0.4 is 0 Å². The molecule has 26 heavy (non-hydrogen) atoms. The molecule has 1 atom stereocenters. The van der Waals surface area contributed by atoms with Crippen molar-refractivity contribution in [2.75, 3.05) is 7.11 Å². The van der Waals surface area contributed by atoms with Gasteiger partial charge >= 0.3 is 5.97 Å². The second-order valence-electron chi connectivity index (χ2n) is 6.21. The number of benzene rings is 2. The average Bonchev–Trinajstić information content (AvgIpc) is 2.97. The van der Waals surface area contributed by atoms with Crippen molar-refractivity contribution in [3.63, 3.8) is 0 Å². The summed E-state index contributed by atoms with van der Waals surface area (Å²) in [5.41, 5.74) is 3.59. The van der Waals surface area contributed by atoms with Crippen LogP contribution in [0.25, 0.3) is 10.9 Å². The van der Waals surface area contributed by atoms with Gasteiger partial charge in [-0.25, -0.2) is 4.79 Å². The monoisotopic (exact) mass is 351 g/mol. The Kier molecular flexibility index (Phi) is 5.19. The average molecular weight is 351 g/mol. The maximum Gasteiger partial charge on any atom is 0.338 e. The standard InChI is InChI=1S/C21H21NO4/c1-13-19(17-6-4-5-7-18(17)22-13)20(23)14(2)26-21(24)16-10-8-15(9-11-16)12-25-3/h4-11,14,22H,12H2,1-3H3/t14-/m1/s1. The molecule has 0 spiro atoms. The van der Waals surface area contributed by atoms with E-state index >= 15 is 0 Å². The lowest BCUT2D eigenvalue weighted by molar-refractivity contribution is 0.0319. The van der Waals surface area contributed by atoms with E-state index < -0.39 is 12.1 Å². The predicted octanol–water partition coefficient (Wildman–Crippen LogP) is 4.05. The van der Waals surface area contributed by atoms with E-state index in [1.807, 2.05) is 31.2 Å². The summed E-state index contributed by atoms with van der Waals surface area (Å²) in [6.07, 6.45) is -0.876. The topological polar surface area (TPSA) is 68.4 Å². The molecular weight excluding hydrogens is 330 g/mol. The van der Waals surface area contributed by atoms with Crippen LogP contribution in [0, 0.1) is 6.92 Å². The third-order valence-electron chi connectivity index (χ3n) is 4.29. The number of aromatic amines is 1. The van der Waals surface area contributed by atoms with Crippen molar-refractivity contribution in [3.05, 3.63) is 70.9 Å². The van der Waals surface area contributed by atoms with E-state index in [9.17, 15) is 9.59 Å². The number of esters is 1. The summed E-state index contributed by atoms with van der Waals surface area (Å²) in [4.78, 5) is 28.4. The van der Waals surface area contributed by atoms with Crippen LogP contribution in [0.3, 0.4) is 0 Å². The molecule has 0 bridgehead atoms. The Labute approximate surface area is 151 Å². The van der Waals surface area contributed by atoms with Crippen molar-refractivity contribution in [1.29, 1.82) is 0 Å². The van der Waals surface area contributed by atoms with E-state index in [2.05, 4.69) is 4.98 Å². The van der Waals surface area contributed by atoms with Crippen LogP contribution in [-0.4, -0.2) is 30.0 Å². The van der Waals surface area contributed by atoms with Gasteiger partial charge in [0.25, 0.3) is 0 Å². The Bertz CT molecular complexity index is 940. The number of ketones is 1. The molecule has 3 aromatic rings. The Morgan fingerprint density at radius 1 is 1.08 bits per heavy atom. The molecule has 5 nitrogen and oxygen atoms in total. The Hall–Kier alpha value is -2.92. The van der Waals surface area contributed by atoms with Crippen molar-refractivity contribution in [2.24, 2.45) is 0 Å². The number of carbonyl (C=O) groups excluding carboxylic acids is 2. The molecule has 0 aliphatic carbocycles. The highest BCUT2D eigenvalue weighted by Crippen LogP contribution is 2.24. The highest BCUT2D eigenvalue weighted by molar-refractivity contribution is 6.11. The van der Waals surface area contributed by atoms with Gasteiger partial charge in [-0.05, 0) is 37.6 Å². The van der Waals surface area contributed by atoms with Gasteiger partial charge in [0.15, 0.2) is 6.10 Å². The summed E-state index contributed by atoms with van der Waals surface area (Å²) in [5, 5.41) is 0.835. The molecule has 3 rings (SSSR count). The fourth-order valence-electron chi connectivity index (χ4n) is 2.98. The lowest BCUT2D eigenvalue weighted by Crippen LogP contribution is -2.24. The molecule has 1 aromatic heterocycles. The van der Waals surface area contributed by atoms with Crippen molar-refractivity contribution in [3.8, 4) is 0 Å². The number of ether oxygens (including phenoxy) is 2. The maximum absolute atomic E-state index is 12.8. The molecule has 0 aliphatic rings. The first kappa shape index (κ1) is 17.9. The number of aromatic nitrogens is 1. The van der Waals surface area contributed by atoms with Gasteiger partial charge in [0, 0.05) is 29.3 Å². The largest absolute Gasteiger partial charge is 0.451 e. The molecule has 134 valence electrons. The third-order valence-corrected chi connectivity index (χ3v) is 4.29. The van der Waals surface area contributed by atoms with Crippen LogP contribution in [-0.2, 0) is 16.1 Å². The Morgan fingerprint density at radius 3 is 2.46 bits per heavy atom. The minimum atomic E-state index is -0.876. The molecule has 0 amide bonds. The van der Waals surface area contributed by atoms with Crippen LogP contribution in [0.5, 0.6) is 0 Å². The van der Waals surface area contributed by atoms with Gasteiger partial charge in [0.2, 0.25) is 5.78 Å². The van der Waals surface area contributed by atoms with Gasteiger partial charge in [-0.2, -0.15) is 0 Å². The molecule has 0 saturated heterocycles. The van der Waals surface area contributed by atoms with Crippen molar-refractivity contribution >= 4 is 22.7 Å². The molecule has 2 aromatic carbocycles. The van der Waals surface area contributed by atoms with Gasteiger partial charge in [-0.1, -0.05) is 30.3 Å². The molecular formula is C21H21NO4. The van der Waals surface area contributed by atoms with Crippen LogP contribution in [0.1, 0.15) is 38.9 Å². The molecule has 5 heteroatoms. The first-order chi connectivity index (χ1) is 12.5. The van der Waals surface area contributed by atoms with E-state index in [-0.39, 0.29) is 5.78 Å². The van der Waals surface area contributed by atoms with Crippen molar-refractivity contribution in [1.82, 2.24) is 4.98 Å². The molecule has 1 heterocycles. The number of aryl methyl sites for hydroxylation is 1. The number of hydrogen-bond acceptors (Lipinski definition) is 4. The van der Waals surface area contributed by atoms with Gasteiger partial charge < -0.3 is 14.5 Å². The summed E-state index contributed by atoms with van der Waals surface area (Å²) in [7, 11) is 1.61. The van der Waals surface area contributed by atoms with E-state index in [1.54, 1.807) is 38.3 Å². The second-order valence-corrected chi connectivity index (χ2v) is 6.21. The zero-order valence-corrected chi connectivity index (χ0v) is 15.0. The first-order valence-electron chi connectivity index (χ1n) is 8.41. The number of carbonyl (C=O) groups is 2. The van der Waals surface area contributed by atoms with E-state index in [1.165, 1.54) is 0 Å². The van der Waals surface area contributed by atoms with Crippen LogP contribution in [0.4, 0.5) is 0 Å². The summed E-state index contributed by atoms with van der Waals surface area (Å²) in [5.74, 6) is -0.739. The van der Waals surface area contributed by atoms with Gasteiger partial charge in [0.1, 0.15) is 0 Å². The fourth-order valence-corrected chi connectivity index (χ4v) is 2.98. The SMILES string of the molecule is COCc1ccc(C(=O)O[C@H](C)C(=O)c2c(C)[nH]c3ccccc23)cc1. The van der Waals surface area contributed by atoms with Gasteiger partial charge in [-0.3, -0.25) is 4.79 Å². The van der Waals surface area contributed by atoms with Crippen LogP contribution in [0.2, 0.25) is 0 Å². The molecule has 0 unspecified atom stereocenters. The third kappa shape index (κ3) is 3.53. The van der Waals surface area contributed by atoms with E-state index in [0.29, 0.717) is 17.7 Å². The molecule has 0 fully saturated rings. The zero-order valence-electron chi connectivity index (χ0n) is 15.0. The number of hydrogen-bond donors (Lipinski definition) is 1. The maximum atomic E-state index is 12.8. The number of methoxy groups -OCH3 is 1. The summed E-state index contributed by atoms with van der Waals surface area (Å²) >= 11 is 0. The smallest absolute Gasteiger partial charge is 0.338 e. The Balaban J connectivity index is 1.76. The summed E-state index contributed by atoms with van der Waals surface area (Å²) < 4.78 is 10.4. The van der Waals surface area contributed by atoms with Gasteiger partial charge in [0.05, 0.1) is 12.2 Å². The predicted molar refractivity (Wildman–Crippen MR) is 99.4 cm³/mol. The molecule has 0 aliphatic heterocycles. The fraction of sp³-hybridized carbons (Fsp3) is 0.238. The lowest BCUT2D eigenvalue weighted by Gasteiger charge is -2.13. The van der Waals surface area contributed by atoms with Crippen molar-refractivity contribution < 1.29 is 19.1 Å². The highest BCUT2D eigenvalue weighted by atomic mass is 16.5. The number of para-hydroxylation sites is 1. The summed E-state index contributed by atoms with van der Waals surface area (Å²) in [6.45, 7) is 3.92. The quantitative estimate of drug-likeness (QED) is 0.537. The van der Waals surface area contributed by atoms with E-state index in [0.717, 1.165) is 22.2 Å².